The Morgan fingerprint density at radius 1 is 1.28 bits per heavy atom. The lowest BCUT2D eigenvalue weighted by Gasteiger charge is -2.14. The molecule has 0 aromatic heterocycles. The molecule has 1 heterocycles. The van der Waals surface area contributed by atoms with Gasteiger partial charge in [0.05, 0.1) is 10.7 Å². The summed E-state index contributed by atoms with van der Waals surface area (Å²) in [5, 5.41) is 2.55. The highest BCUT2D eigenvalue weighted by molar-refractivity contribution is 14.1. The number of carbonyl (C=O) groups excluding carboxylic acids is 2. The average molecular weight is 508 g/mol. The van der Waals surface area contributed by atoms with Crippen molar-refractivity contribution in [2.75, 3.05) is 13.7 Å². The highest BCUT2D eigenvalue weighted by Crippen LogP contribution is 2.35. The zero-order valence-corrected chi connectivity index (χ0v) is 17.7. The normalized spacial score (nSPS) is 14.9. The molecule has 1 fully saturated rings. The molecule has 3 amide bonds. The minimum absolute atomic E-state index is 0.0462. The van der Waals surface area contributed by atoms with Crippen molar-refractivity contribution < 1.29 is 23.5 Å². The molecule has 0 spiro atoms. The van der Waals surface area contributed by atoms with Gasteiger partial charge in [0.1, 0.15) is 18.1 Å². The SMILES string of the molecule is C=CCN1C(=O)N/C(=C/c2cc(I)c(OCc3ccccc3F)c(OC)c2)C1=O. The fraction of sp³-hybridized carbons (Fsp3) is 0.143. The Labute approximate surface area is 181 Å². The van der Waals surface area contributed by atoms with Gasteiger partial charge in [0.15, 0.2) is 11.5 Å². The highest BCUT2D eigenvalue weighted by atomic mass is 127. The molecule has 0 unspecified atom stereocenters. The number of benzene rings is 2. The number of urea groups is 1. The molecule has 1 N–H and O–H groups in total. The molecule has 1 saturated heterocycles. The van der Waals surface area contributed by atoms with Crippen molar-refractivity contribution in [3.63, 3.8) is 0 Å². The van der Waals surface area contributed by atoms with Gasteiger partial charge in [-0.1, -0.05) is 24.3 Å². The summed E-state index contributed by atoms with van der Waals surface area (Å²) in [4.78, 5) is 25.3. The lowest BCUT2D eigenvalue weighted by molar-refractivity contribution is -0.122. The molecule has 150 valence electrons. The van der Waals surface area contributed by atoms with E-state index in [2.05, 4.69) is 34.5 Å². The van der Waals surface area contributed by atoms with Crippen LogP contribution in [-0.4, -0.2) is 30.5 Å². The number of hydrogen-bond acceptors (Lipinski definition) is 4. The van der Waals surface area contributed by atoms with Crippen molar-refractivity contribution in [2.24, 2.45) is 0 Å². The van der Waals surface area contributed by atoms with Gasteiger partial charge in [-0.2, -0.15) is 0 Å². The van der Waals surface area contributed by atoms with Crippen LogP contribution in [0.25, 0.3) is 6.08 Å². The molecule has 2 aromatic carbocycles. The Morgan fingerprint density at radius 3 is 2.72 bits per heavy atom. The van der Waals surface area contributed by atoms with Crippen molar-refractivity contribution in [2.45, 2.75) is 6.61 Å². The van der Waals surface area contributed by atoms with Crippen LogP contribution < -0.4 is 14.8 Å². The number of hydrogen-bond donors (Lipinski definition) is 1. The number of ether oxygens (including phenoxy) is 2. The third-order valence-corrected chi connectivity index (χ3v) is 4.97. The summed E-state index contributed by atoms with van der Waals surface area (Å²) >= 11 is 2.08. The van der Waals surface area contributed by atoms with Crippen LogP contribution in [0.2, 0.25) is 0 Å². The van der Waals surface area contributed by atoms with Crippen LogP contribution >= 0.6 is 22.6 Å². The Kier molecular flexibility index (Phi) is 6.53. The molecular formula is C21H18FIN2O4. The molecule has 0 saturated carbocycles. The number of nitrogens with zero attached hydrogens (tertiary/aromatic N) is 1. The first-order chi connectivity index (χ1) is 13.9. The van der Waals surface area contributed by atoms with E-state index in [0.29, 0.717) is 26.2 Å². The number of imide groups is 1. The Morgan fingerprint density at radius 2 is 2.03 bits per heavy atom. The summed E-state index contributed by atoms with van der Waals surface area (Å²) in [5.74, 6) is 0.125. The molecule has 1 aliphatic rings. The summed E-state index contributed by atoms with van der Waals surface area (Å²) < 4.78 is 25.7. The lowest BCUT2D eigenvalue weighted by Crippen LogP contribution is -2.30. The molecule has 3 rings (SSSR count). The number of carbonyl (C=O) groups is 2. The van der Waals surface area contributed by atoms with E-state index in [-0.39, 0.29) is 24.7 Å². The van der Waals surface area contributed by atoms with E-state index >= 15 is 0 Å². The standard InChI is InChI=1S/C21H18FIN2O4/c1-3-8-25-20(26)17(24-21(25)27)10-13-9-16(23)19(18(11-13)28-2)29-12-14-6-4-5-7-15(14)22/h3-7,9-11H,1,8,12H2,2H3,(H,24,27)/b17-10+. The molecule has 0 bridgehead atoms. The van der Waals surface area contributed by atoms with Crippen molar-refractivity contribution >= 4 is 40.6 Å². The molecule has 2 aromatic rings. The zero-order chi connectivity index (χ0) is 21.0. The van der Waals surface area contributed by atoms with Gasteiger partial charge in [-0.3, -0.25) is 9.69 Å². The maximum absolute atomic E-state index is 13.8. The van der Waals surface area contributed by atoms with Gasteiger partial charge < -0.3 is 14.8 Å². The summed E-state index contributed by atoms with van der Waals surface area (Å²) in [6.07, 6.45) is 3.04. The third-order valence-electron chi connectivity index (χ3n) is 4.17. The van der Waals surface area contributed by atoms with E-state index in [1.807, 2.05) is 0 Å². The maximum Gasteiger partial charge on any atom is 0.329 e. The molecule has 8 heteroatoms. The minimum atomic E-state index is -0.493. The smallest absolute Gasteiger partial charge is 0.329 e. The van der Waals surface area contributed by atoms with E-state index in [1.165, 1.54) is 19.3 Å². The Bertz CT molecular complexity index is 1010. The van der Waals surface area contributed by atoms with E-state index in [0.717, 1.165) is 4.90 Å². The first-order valence-electron chi connectivity index (χ1n) is 8.63. The van der Waals surface area contributed by atoms with E-state index < -0.39 is 11.9 Å². The molecular weight excluding hydrogens is 490 g/mol. The molecule has 29 heavy (non-hydrogen) atoms. The fourth-order valence-corrected chi connectivity index (χ4v) is 3.54. The average Bonchev–Trinajstić information content (AvgIpc) is 2.95. The molecule has 1 aliphatic heterocycles. The number of rotatable bonds is 7. The van der Waals surface area contributed by atoms with Gasteiger partial charge in [-0.15, -0.1) is 6.58 Å². The van der Waals surface area contributed by atoms with Gasteiger partial charge in [-0.05, 0) is 52.4 Å². The first-order valence-corrected chi connectivity index (χ1v) is 9.71. The monoisotopic (exact) mass is 508 g/mol. The number of methoxy groups -OCH3 is 1. The molecule has 0 atom stereocenters. The lowest BCUT2D eigenvalue weighted by atomic mass is 10.1. The minimum Gasteiger partial charge on any atom is -0.493 e. The summed E-state index contributed by atoms with van der Waals surface area (Å²) in [7, 11) is 1.49. The van der Waals surface area contributed by atoms with Crippen LogP contribution in [0.5, 0.6) is 11.5 Å². The van der Waals surface area contributed by atoms with Gasteiger partial charge in [-0.25, -0.2) is 9.18 Å². The Balaban J connectivity index is 1.85. The van der Waals surface area contributed by atoms with Crippen LogP contribution in [0.15, 0.2) is 54.8 Å². The number of halogens is 2. The molecule has 6 nitrogen and oxygen atoms in total. The number of amides is 3. The van der Waals surface area contributed by atoms with Crippen LogP contribution in [0, 0.1) is 9.39 Å². The second-order valence-electron chi connectivity index (χ2n) is 6.11. The van der Waals surface area contributed by atoms with E-state index in [9.17, 15) is 14.0 Å². The molecule has 0 aliphatic carbocycles. The summed E-state index contributed by atoms with van der Waals surface area (Å²) in [5.41, 5.74) is 1.24. The Hall–Kier alpha value is -2.88. The van der Waals surface area contributed by atoms with E-state index in [1.54, 1.807) is 36.4 Å². The predicted octanol–water partition coefficient (Wildman–Crippen LogP) is 4.10. The summed E-state index contributed by atoms with van der Waals surface area (Å²) in [6, 6.07) is 9.35. The van der Waals surface area contributed by atoms with Gasteiger partial charge in [0.2, 0.25) is 0 Å². The van der Waals surface area contributed by atoms with Crippen LogP contribution in [-0.2, 0) is 11.4 Å². The van der Waals surface area contributed by atoms with Crippen molar-refractivity contribution in [1.29, 1.82) is 0 Å². The molecule has 0 radical (unpaired) electrons. The van der Waals surface area contributed by atoms with Gasteiger partial charge in [0.25, 0.3) is 5.91 Å². The zero-order valence-electron chi connectivity index (χ0n) is 15.6. The van der Waals surface area contributed by atoms with E-state index in [4.69, 9.17) is 9.47 Å². The van der Waals surface area contributed by atoms with Gasteiger partial charge in [0, 0.05) is 12.1 Å². The topological polar surface area (TPSA) is 67.9 Å². The predicted molar refractivity (Wildman–Crippen MR) is 115 cm³/mol. The largest absolute Gasteiger partial charge is 0.493 e. The number of nitrogens with one attached hydrogen (secondary N) is 1. The van der Waals surface area contributed by atoms with Crippen LogP contribution in [0.4, 0.5) is 9.18 Å². The quantitative estimate of drug-likeness (QED) is 0.265. The first kappa shape index (κ1) is 20.8. The van der Waals surface area contributed by atoms with Crippen LogP contribution in [0.1, 0.15) is 11.1 Å². The second-order valence-corrected chi connectivity index (χ2v) is 7.27. The van der Waals surface area contributed by atoms with Crippen molar-refractivity contribution in [1.82, 2.24) is 10.2 Å². The second kappa shape index (κ2) is 9.08. The third kappa shape index (κ3) is 4.58. The summed E-state index contributed by atoms with van der Waals surface area (Å²) in [6.45, 7) is 3.72. The van der Waals surface area contributed by atoms with Crippen molar-refractivity contribution in [3.05, 3.63) is 75.3 Å². The van der Waals surface area contributed by atoms with Gasteiger partial charge >= 0.3 is 6.03 Å². The van der Waals surface area contributed by atoms with Crippen molar-refractivity contribution in [3.8, 4) is 11.5 Å². The maximum atomic E-state index is 13.8. The fourth-order valence-electron chi connectivity index (χ4n) is 2.76. The highest BCUT2D eigenvalue weighted by Gasteiger charge is 2.32. The van der Waals surface area contributed by atoms with Crippen LogP contribution in [0.3, 0.4) is 0 Å².